The largest absolute Gasteiger partial charge is 0.496 e. The first-order chi connectivity index (χ1) is 5.38. The second-order valence-corrected chi connectivity index (χ2v) is 2.91. The molecule has 0 unspecified atom stereocenters. The van der Waals surface area contributed by atoms with Crippen molar-refractivity contribution in [3.63, 3.8) is 0 Å². The van der Waals surface area contributed by atoms with Crippen molar-refractivity contribution in [2.75, 3.05) is 13.0 Å². The molecule has 0 aliphatic heterocycles. The van der Waals surface area contributed by atoms with E-state index in [1.807, 2.05) is 24.3 Å². The minimum Gasteiger partial charge on any atom is -0.496 e. The van der Waals surface area contributed by atoms with Crippen LogP contribution in [-0.4, -0.2) is 18.2 Å². The minimum absolute atomic E-state index is 0.0837. The van der Waals surface area contributed by atoms with Crippen LogP contribution in [0, 0.1) is 0 Å². The molecule has 0 amide bonds. The number of ether oxygens (including phenoxy) is 1. The Hall–Kier alpha value is -0.670. The average Bonchev–Trinajstić information content (AvgIpc) is 2.06. The summed E-state index contributed by atoms with van der Waals surface area (Å²) in [6.07, 6.45) is 0. The summed E-state index contributed by atoms with van der Waals surface area (Å²) < 4.78 is 5.07. The van der Waals surface area contributed by atoms with Crippen molar-refractivity contribution >= 4 is 11.8 Å². The maximum absolute atomic E-state index is 8.65. The second kappa shape index (κ2) is 4.26. The molecule has 0 radical (unpaired) electrons. The number of aliphatic hydroxyl groups is 1. The number of thioether (sulfide) groups is 1. The van der Waals surface area contributed by atoms with E-state index >= 15 is 0 Å². The Balaban J connectivity index is 2.83. The van der Waals surface area contributed by atoms with Crippen LogP contribution in [0.25, 0.3) is 0 Å². The summed E-state index contributed by atoms with van der Waals surface area (Å²) in [6, 6.07) is 7.61. The number of rotatable bonds is 3. The van der Waals surface area contributed by atoms with Crippen molar-refractivity contribution in [3.05, 3.63) is 24.3 Å². The van der Waals surface area contributed by atoms with Crippen LogP contribution in [0.4, 0.5) is 0 Å². The van der Waals surface area contributed by atoms with Crippen LogP contribution in [0.5, 0.6) is 5.75 Å². The molecule has 1 rings (SSSR count). The molecule has 0 aromatic heterocycles. The molecule has 11 heavy (non-hydrogen) atoms. The van der Waals surface area contributed by atoms with Crippen molar-refractivity contribution < 1.29 is 9.84 Å². The van der Waals surface area contributed by atoms with Gasteiger partial charge in [0.1, 0.15) is 5.75 Å². The number of hydrogen-bond donors (Lipinski definition) is 1. The van der Waals surface area contributed by atoms with E-state index in [9.17, 15) is 0 Å². The fraction of sp³-hybridized carbons (Fsp3) is 0.250. The molecule has 1 aromatic carbocycles. The molecule has 0 heterocycles. The predicted octanol–water partition coefficient (Wildman–Crippen LogP) is 1.74. The maximum Gasteiger partial charge on any atom is 0.132 e. The Morgan fingerprint density at radius 3 is 2.82 bits per heavy atom. The molecule has 0 bridgehead atoms. The van der Waals surface area contributed by atoms with Crippen molar-refractivity contribution in [1.29, 1.82) is 0 Å². The third-order valence-corrected chi connectivity index (χ3v) is 2.07. The maximum atomic E-state index is 8.65. The molecule has 1 N–H and O–H groups in total. The molecule has 0 saturated carbocycles. The topological polar surface area (TPSA) is 29.5 Å². The van der Waals surface area contributed by atoms with Gasteiger partial charge in [-0.15, -0.1) is 0 Å². The summed E-state index contributed by atoms with van der Waals surface area (Å²) >= 11 is 1.36. The molecule has 0 fully saturated rings. The van der Waals surface area contributed by atoms with Crippen LogP contribution in [-0.2, 0) is 0 Å². The van der Waals surface area contributed by atoms with Crippen LogP contribution in [0.3, 0.4) is 0 Å². The third-order valence-electron chi connectivity index (χ3n) is 1.29. The van der Waals surface area contributed by atoms with Crippen LogP contribution >= 0.6 is 11.8 Å². The van der Waals surface area contributed by atoms with E-state index in [-0.39, 0.29) is 5.94 Å². The molecule has 0 spiro atoms. The fourth-order valence-corrected chi connectivity index (χ4v) is 1.42. The van der Waals surface area contributed by atoms with Gasteiger partial charge in [0, 0.05) is 0 Å². The van der Waals surface area contributed by atoms with Gasteiger partial charge < -0.3 is 9.84 Å². The van der Waals surface area contributed by atoms with Crippen LogP contribution in [0.2, 0.25) is 0 Å². The van der Waals surface area contributed by atoms with Gasteiger partial charge in [-0.2, -0.15) is 0 Å². The zero-order chi connectivity index (χ0) is 8.10. The average molecular weight is 170 g/mol. The first-order valence-electron chi connectivity index (χ1n) is 3.25. The highest BCUT2D eigenvalue weighted by Crippen LogP contribution is 2.27. The second-order valence-electron chi connectivity index (χ2n) is 1.92. The van der Waals surface area contributed by atoms with Gasteiger partial charge in [0.2, 0.25) is 0 Å². The Labute approximate surface area is 70.2 Å². The van der Waals surface area contributed by atoms with Gasteiger partial charge in [-0.25, -0.2) is 0 Å². The van der Waals surface area contributed by atoms with Crippen molar-refractivity contribution in [2.24, 2.45) is 0 Å². The van der Waals surface area contributed by atoms with Crippen LogP contribution < -0.4 is 4.74 Å². The number of hydrogen-bond acceptors (Lipinski definition) is 3. The van der Waals surface area contributed by atoms with Crippen molar-refractivity contribution in [3.8, 4) is 5.75 Å². The highest BCUT2D eigenvalue weighted by molar-refractivity contribution is 7.99. The van der Waals surface area contributed by atoms with Gasteiger partial charge in [0.05, 0.1) is 17.9 Å². The highest BCUT2D eigenvalue weighted by Gasteiger charge is 1.99. The summed E-state index contributed by atoms with van der Waals surface area (Å²) in [5.41, 5.74) is 0. The van der Waals surface area contributed by atoms with Crippen LogP contribution in [0.1, 0.15) is 0 Å². The van der Waals surface area contributed by atoms with Gasteiger partial charge in [-0.1, -0.05) is 23.9 Å². The molecule has 60 valence electrons. The lowest BCUT2D eigenvalue weighted by atomic mass is 10.3. The lowest BCUT2D eigenvalue weighted by Gasteiger charge is -2.04. The number of aliphatic hydroxyl groups excluding tert-OH is 1. The molecular weight excluding hydrogens is 160 g/mol. The van der Waals surface area contributed by atoms with Crippen molar-refractivity contribution in [1.82, 2.24) is 0 Å². The van der Waals surface area contributed by atoms with Gasteiger partial charge >= 0.3 is 0 Å². The number of benzene rings is 1. The Kier molecular flexibility index (Phi) is 3.26. The molecule has 0 aliphatic carbocycles. The molecule has 2 nitrogen and oxygen atoms in total. The van der Waals surface area contributed by atoms with Gasteiger partial charge in [0.25, 0.3) is 0 Å². The Bertz CT molecular complexity index is 225. The van der Waals surface area contributed by atoms with Gasteiger partial charge in [-0.3, -0.25) is 0 Å². The first kappa shape index (κ1) is 8.43. The Morgan fingerprint density at radius 2 is 2.18 bits per heavy atom. The van der Waals surface area contributed by atoms with E-state index in [1.54, 1.807) is 7.11 Å². The van der Waals surface area contributed by atoms with Gasteiger partial charge in [-0.05, 0) is 12.1 Å². The quantitative estimate of drug-likeness (QED) is 0.553. The normalized spacial score (nSPS) is 9.64. The highest BCUT2D eigenvalue weighted by atomic mass is 32.2. The first-order valence-corrected chi connectivity index (χ1v) is 4.23. The summed E-state index contributed by atoms with van der Waals surface area (Å²) in [7, 11) is 1.62. The van der Waals surface area contributed by atoms with Crippen molar-refractivity contribution in [2.45, 2.75) is 4.90 Å². The molecule has 1 aromatic rings. The molecule has 0 atom stereocenters. The van der Waals surface area contributed by atoms with E-state index in [0.29, 0.717) is 0 Å². The summed E-state index contributed by atoms with van der Waals surface area (Å²) in [4.78, 5) is 0.970. The fourth-order valence-electron chi connectivity index (χ4n) is 0.808. The lowest BCUT2D eigenvalue weighted by molar-refractivity contribution is 0.373. The zero-order valence-electron chi connectivity index (χ0n) is 6.28. The van der Waals surface area contributed by atoms with E-state index in [4.69, 9.17) is 9.84 Å². The molecular formula is C8H10O2S. The van der Waals surface area contributed by atoms with E-state index in [1.165, 1.54) is 11.8 Å². The zero-order valence-corrected chi connectivity index (χ0v) is 7.10. The summed E-state index contributed by atoms with van der Waals surface area (Å²) in [5.74, 6) is 0.895. The standard InChI is InChI=1S/C8H10O2S/c1-10-7-4-2-3-5-8(7)11-6-9/h2-5,9H,6H2,1H3. The molecule has 0 aliphatic rings. The SMILES string of the molecule is COc1ccccc1SCO. The number of methoxy groups -OCH3 is 1. The monoisotopic (exact) mass is 170 g/mol. The number of para-hydroxylation sites is 1. The smallest absolute Gasteiger partial charge is 0.132 e. The van der Waals surface area contributed by atoms with E-state index < -0.39 is 0 Å². The minimum atomic E-state index is 0.0837. The summed E-state index contributed by atoms with van der Waals surface area (Å²) in [6.45, 7) is 0. The van der Waals surface area contributed by atoms with E-state index in [0.717, 1.165) is 10.6 Å². The van der Waals surface area contributed by atoms with E-state index in [2.05, 4.69) is 0 Å². The van der Waals surface area contributed by atoms with Crippen LogP contribution in [0.15, 0.2) is 29.2 Å². The predicted molar refractivity (Wildman–Crippen MR) is 45.9 cm³/mol. The summed E-state index contributed by atoms with van der Waals surface area (Å²) in [5, 5.41) is 8.65. The third kappa shape index (κ3) is 2.13. The van der Waals surface area contributed by atoms with Gasteiger partial charge in [0.15, 0.2) is 0 Å². The Morgan fingerprint density at radius 1 is 1.45 bits per heavy atom. The lowest BCUT2D eigenvalue weighted by Crippen LogP contribution is -1.85. The molecule has 0 saturated heterocycles. The molecule has 3 heteroatoms.